The molecule has 0 aliphatic carbocycles. The predicted octanol–water partition coefficient (Wildman–Crippen LogP) is 4.16. The van der Waals surface area contributed by atoms with Crippen LogP contribution in [-0.2, 0) is 4.79 Å². The summed E-state index contributed by atoms with van der Waals surface area (Å²) in [6.07, 6.45) is 1.68. The van der Waals surface area contributed by atoms with Crippen LogP contribution in [0.4, 0.5) is 0 Å². The molecule has 2 aromatic heterocycles. The van der Waals surface area contributed by atoms with Crippen LogP contribution in [0.15, 0.2) is 83.9 Å². The number of carbonyl (C=O) groups is 2. The summed E-state index contributed by atoms with van der Waals surface area (Å²) < 4.78 is 0. The first-order chi connectivity index (χ1) is 15.1. The predicted molar refractivity (Wildman–Crippen MR) is 122 cm³/mol. The summed E-state index contributed by atoms with van der Waals surface area (Å²) in [4.78, 5) is 35.1. The molecule has 0 spiro atoms. The quantitative estimate of drug-likeness (QED) is 0.368. The third-order valence-corrected chi connectivity index (χ3v) is 5.83. The zero-order valence-electron chi connectivity index (χ0n) is 16.8. The zero-order chi connectivity index (χ0) is 21.6. The molecule has 2 amide bonds. The number of benzene rings is 2. The second-order valence-corrected chi connectivity index (χ2v) is 7.86. The number of para-hydroxylation sites is 1. The van der Waals surface area contributed by atoms with Crippen molar-refractivity contribution < 1.29 is 9.59 Å². The first kappa shape index (κ1) is 20.6. The second kappa shape index (κ2) is 9.40. The van der Waals surface area contributed by atoms with Gasteiger partial charge in [-0.1, -0.05) is 42.5 Å². The van der Waals surface area contributed by atoms with Crippen molar-refractivity contribution >= 4 is 34.5 Å². The number of hydrogen-bond acceptors (Lipinski definition) is 5. The molecular weight excluding hydrogens is 408 g/mol. The van der Waals surface area contributed by atoms with Crippen molar-refractivity contribution in [1.29, 1.82) is 0 Å². The van der Waals surface area contributed by atoms with Gasteiger partial charge in [0, 0.05) is 16.5 Å². The highest BCUT2D eigenvalue weighted by molar-refractivity contribution is 8.00. The molecule has 31 heavy (non-hydrogen) atoms. The van der Waals surface area contributed by atoms with Gasteiger partial charge in [-0.15, -0.1) is 11.8 Å². The fourth-order valence-corrected chi connectivity index (χ4v) is 3.93. The van der Waals surface area contributed by atoms with Crippen LogP contribution in [0.25, 0.3) is 22.3 Å². The largest absolute Gasteiger partial charge is 0.272 e. The molecule has 7 heteroatoms. The van der Waals surface area contributed by atoms with Gasteiger partial charge in [-0.2, -0.15) is 0 Å². The molecule has 0 aliphatic heterocycles. The molecule has 2 heterocycles. The highest BCUT2D eigenvalue weighted by Crippen LogP contribution is 2.24. The maximum Gasteiger partial charge on any atom is 0.270 e. The Hall–Kier alpha value is -3.71. The number of hydrazine groups is 1. The van der Waals surface area contributed by atoms with Crippen molar-refractivity contribution in [3.63, 3.8) is 0 Å². The third kappa shape index (κ3) is 4.90. The van der Waals surface area contributed by atoms with Crippen LogP contribution in [0.3, 0.4) is 0 Å². The molecule has 0 atom stereocenters. The van der Waals surface area contributed by atoms with Gasteiger partial charge >= 0.3 is 0 Å². The normalized spacial score (nSPS) is 10.6. The van der Waals surface area contributed by atoms with Gasteiger partial charge in [0.05, 0.1) is 28.2 Å². The number of hydrogen-bond donors (Lipinski definition) is 2. The molecule has 154 valence electrons. The van der Waals surface area contributed by atoms with Crippen molar-refractivity contribution in [3.8, 4) is 11.4 Å². The summed E-state index contributed by atoms with van der Waals surface area (Å²) in [6.45, 7) is 2.00. The average Bonchev–Trinajstić information content (AvgIpc) is 2.82. The summed E-state index contributed by atoms with van der Waals surface area (Å²) in [5, 5.41) is 0.697. The number of aryl methyl sites for hydroxylation is 1. The van der Waals surface area contributed by atoms with E-state index in [1.807, 2.05) is 73.7 Å². The molecule has 0 radical (unpaired) electrons. The third-order valence-electron chi connectivity index (χ3n) is 4.66. The number of nitrogens with zero attached hydrogens (tertiary/aromatic N) is 2. The van der Waals surface area contributed by atoms with Gasteiger partial charge in [-0.25, -0.2) is 4.98 Å². The highest BCUT2D eigenvalue weighted by Gasteiger charge is 2.15. The summed E-state index contributed by atoms with van der Waals surface area (Å²) in [6, 6.07) is 22.4. The zero-order valence-corrected chi connectivity index (χ0v) is 17.6. The molecule has 2 aromatic carbocycles. The fraction of sp³-hybridized carbons (Fsp3) is 0.0833. The molecule has 4 rings (SSSR count). The van der Waals surface area contributed by atoms with E-state index in [9.17, 15) is 9.59 Å². The van der Waals surface area contributed by atoms with Gasteiger partial charge < -0.3 is 0 Å². The Morgan fingerprint density at radius 1 is 0.903 bits per heavy atom. The number of carbonyl (C=O) groups excluding carboxylic acids is 2. The monoisotopic (exact) mass is 428 g/mol. The van der Waals surface area contributed by atoms with Crippen molar-refractivity contribution in [2.75, 3.05) is 5.75 Å². The molecule has 0 fully saturated rings. The number of nitrogens with one attached hydrogen (secondary N) is 2. The summed E-state index contributed by atoms with van der Waals surface area (Å²) in [7, 11) is 0. The minimum absolute atomic E-state index is 0.196. The standard InChI is InChI=1S/C24H20N4O2S/c1-16-8-2-5-12-22(16)31-15-23(29)27-28-24(30)18-14-21(20-11-6-7-13-25-20)26-19-10-4-3-9-17(18)19/h2-14H,15H2,1H3,(H,27,29)(H,28,30). The number of amides is 2. The SMILES string of the molecule is Cc1ccccc1SCC(=O)NNC(=O)c1cc(-c2ccccn2)nc2ccccc12. The first-order valence-corrected chi connectivity index (χ1v) is 10.7. The van der Waals surface area contributed by atoms with Crippen LogP contribution in [0.1, 0.15) is 15.9 Å². The van der Waals surface area contributed by atoms with Crippen LogP contribution < -0.4 is 10.9 Å². The van der Waals surface area contributed by atoms with E-state index in [0.29, 0.717) is 27.9 Å². The van der Waals surface area contributed by atoms with Crippen LogP contribution in [0.5, 0.6) is 0 Å². The van der Waals surface area contributed by atoms with E-state index in [4.69, 9.17) is 0 Å². The van der Waals surface area contributed by atoms with Gasteiger partial charge in [0.15, 0.2) is 0 Å². The topological polar surface area (TPSA) is 84.0 Å². The number of aromatic nitrogens is 2. The minimum atomic E-state index is -0.412. The minimum Gasteiger partial charge on any atom is -0.272 e. The Kier molecular flexibility index (Phi) is 6.24. The van der Waals surface area contributed by atoms with Crippen LogP contribution in [-0.4, -0.2) is 27.5 Å². The Bertz CT molecular complexity index is 1240. The molecule has 0 saturated heterocycles. The molecule has 0 saturated carbocycles. The lowest BCUT2D eigenvalue weighted by molar-refractivity contribution is -0.119. The van der Waals surface area contributed by atoms with Gasteiger partial charge in [-0.05, 0) is 42.8 Å². The molecular formula is C24H20N4O2S. The van der Waals surface area contributed by atoms with E-state index in [1.165, 1.54) is 11.8 Å². The number of rotatable bonds is 5. The molecule has 2 N–H and O–H groups in total. The Morgan fingerprint density at radius 3 is 2.48 bits per heavy atom. The van der Waals surface area contributed by atoms with Crippen molar-refractivity contribution in [2.45, 2.75) is 11.8 Å². The summed E-state index contributed by atoms with van der Waals surface area (Å²) >= 11 is 1.42. The molecule has 0 bridgehead atoms. The molecule has 0 unspecified atom stereocenters. The van der Waals surface area contributed by atoms with Crippen molar-refractivity contribution in [1.82, 2.24) is 20.8 Å². The lowest BCUT2D eigenvalue weighted by atomic mass is 10.1. The molecule has 0 aliphatic rings. The second-order valence-electron chi connectivity index (χ2n) is 6.84. The molecule has 4 aromatic rings. The lowest BCUT2D eigenvalue weighted by Crippen LogP contribution is -2.42. The Balaban J connectivity index is 1.49. The van der Waals surface area contributed by atoms with Crippen molar-refractivity contribution in [3.05, 3.63) is 90.1 Å². The van der Waals surface area contributed by atoms with Crippen molar-refractivity contribution in [2.24, 2.45) is 0 Å². The maximum absolute atomic E-state index is 12.9. The van der Waals surface area contributed by atoms with E-state index >= 15 is 0 Å². The summed E-state index contributed by atoms with van der Waals surface area (Å²) in [5.74, 6) is -0.503. The number of fused-ring (bicyclic) bond motifs is 1. The van der Waals surface area contributed by atoms with Gasteiger partial charge in [0.2, 0.25) is 5.91 Å². The smallest absolute Gasteiger partial charge is 0.270 e. The van der Waals surface area contributed by atoms with Gasteiger partial charge in [-0.3, -0.25) is 25.4 Å². The van der Waals surface area contributed by atoms with E-state index in [-0.39, 0.29) is 11.7 Å². The first-order valence-electron chi connectivity index (χ1n) is 9.70. The van der Waals surface area contributed by atoms with Gasteiger partial charge in [0.1, 0.15) is 0 Å². The van der Waals surface area contributed by atoms with Gasteiger partial charge in [0.25, 0.3) is 5.91 Å². The Labute approximate surface area is 184 Å². The van der Waals surface area contributed by atoms with E-state index in [0.717, 1.165) is 10.5 Å². The van der Waals surface area contributed by atoms with E-state index in [1.54, 1.807) is 12.3 Å². The van der Waals surface area contributed by atoms with Crippen LogP contribution in [0, 0.1) is 6.92 Å². The number of pyridine rings is 2. The maximum atomic E-state index is 12.9. The number of thioether (sulfide) groups is 1. The average molecular weight is 429 g/mol. The summed E-state index contributed by atoms with van der Waals surface area (Å²) in [5.41, 5.74) is 8.48. The molecule has 6 nitrogen and oxygen atoms in total. The fourth-order valence-electron chi connectivity index (χ4n) is 3.10. The van der Waals surface area contributed by atoms with Crippen LogP contribution >= 0.6 is 11.8 Å². The Morgan fingerprint density at radius 2 is 1.68 bits per heavy atom. The lowest BCUT2D eigenvalue weighted by Gasteiger charge is -2.11. The van der Waals surface area contributed by atoms with E-state index < -0.39 is 5.91 Å². The van der Waals surface area contributed by atoms with Crippen LogP contribution in [0.2, 0.25) is 0 Å². The highest BCUT2D eigenvalue weighted by atomic mass is 32.2. The van der Waals surface area contributed by atoms with E-state index in [2.05, 4.69) is 20.8 Å².